The molecule has 0 bridgehead atoms. The summed E-state index contributed by atoms with van der Waals surface area (Å²) in [6, 6.07) is 18.7. The molecule has 0 saturated heterocycles. The summed E-state index contributed by atoms with van der Waals surface area (Å²) in [5.41, 5.74) is 3.72. The van der Waals surface area contributed by atoms with Gasteiger partial charge in [-0.2, -0.15) is 0 Å². The molecule has 7 nitrogen and oxygen atoms in total. The SMILES string of the molecule is CNC(=O)/C(=N/OC)c1cccc(C)c1CO/N=C(\C)c1ccccc1Oc1ccc(F)cc1. The Morgan fingerprint density at radius 3 is 2.38 bits per heavy atom. The van der Waals surface area contributed by atoms with Crippen molar-refractivity contribution in [2.75, 3.05) is 14.2 Å². The molecule has 0 radical (unpaired) electrons. The van der Waals surface area contributed by atoms with Crippen LogP contribution in [0, 0.1) is 12.7 Å². The van der Waals surface area contributed by atoms with Crippen LogP contribution in [0.1, 0.15) is 29.2 Å². The smallest absolute Gasteiger partial charge is 0.273 e. The molecule has 176 valence electrons. The van der Waals surface area contributed by atoms with Gasteiger partial charge in [0, 0.05) is 23.7 Å². The van der Waals surface area contributed by atoms with E-state index in [1.807, 2.05) is 37.3 Å². The summed E-state index contributed by atoms with van der Waals surface area (Å²) in [5.74, 6) is 0.355. The van der Waals surface area contributed by atoms with Gasteiger partial charge in [0.25, 0.3) is 5.91 Å². The van der Waals surface area contributed by atoms with E-state index in [-0.39, 0.29) is 24.0 Å². The number of aryl methyl sites for hydroxylation is 1. The highest BCUT2D eigenvalue weighted by Crippen LogP contribution is 2.26. The van der Waals surface area contributed by atoms with Crippen LogP contribution >= 0.6 is 0 Å². The van der Waals surface area contributed by atoms with E-state index in [4.69, 9.17) is 14.4 Å². The number of likely N-dealkylation sites (N-methyl/N-ethyl adjacent to an activating group) is 1. The van der Waals surface area contributed by atoms with Crippen LogP contribution in [0.15, 0.2) is 77.0 Å². The maximum absolute atomic E-state index is 13.2. The Morgan fingerprint density at radius 1 is 0.971 bits per heavy atom. The average Bonchev–Trinajstić information content (AvgIpc) is 2.85. The van der Waals surface area contributed by atoms with Crippen molar-refractivity contribution in [1.82, 2.24) is 5.32 Å². The second-order valence-corrected chi connectivity index (χ2v) is 7.30. The second-order valence-electron chi connectivity index (χ2n) is 7.30. The molecule has 0 heterocycles. The Labute approximate surface area is 197 Å². The Kier molecular flexibility index (Phi) is 8.34. The zero-order chi connectivity index (χ0) is 24.5. The fraction of sp³-hybridized carbons (Fsp3) is 0.192. The molecular formula is C26H26FN3O4. The van der Waals surface area contributed by atoms with E-state index in [1.165, 1.54) is 26.3 Å². The topological polar surface area (TPSA) is 81.5 Å². The van der Waals surface area contributed by atoms with Crippen molar-refractivity contribution >= 4 is 17.3 Å². The average molecular weight is 464 g/mol. The molecule has 34 heavy (non-hydrogen) atoms. The minimum Gasteiger partial charge on any atom is -0.457 e. The van der Waals surface area contributed by atoms with Crippen molar-refractivity contribution in [3.05, 3.63) is 94.8 Å². The van der Waals surface area contributed by atoms with Crippen LogP contribution in [0.5, 0.6) is 11.5 Å². The number of carbonyl (C=O) groups is 1. The summed E-state index contributed by atoms with van der Waals surface area (Å²) in [5, 5.41) is 10.7. The van der Waals surface area contributed by atoms with Crippen molar-refractivity contribution in [1.29, 1.82) is 0 Å². The van der Waals surface area contributed by atoms with Gasteiger partial charge >= 0.3 is 0 Å². The number of hydrogen-bond acceptors (Lipinski definition) is 6. The van der Waals surface area contributed by atoms with E-state index < -0.39 is 0 Å². The van der Waals surface area contributed by atoms with Crippen LogP contribution in [0.25, 0.3) is 0 Å². The van der Waals surface area contributed by atoms with Crippen molar-refractivity contribution in [2.24, 2.45) is 10.3 Å². The number of nitrogens with one attached hydrogen (secondary N) is 1. The molecule has 3 aromatic rings. The first-order chi connectivity index (χ1) is 16.4. The third kappa shape index (κ3) is 5.98. The van der Waals surface area contributed by atoms with E-state index in [1.54, 1.807) is 31.2 Å². The maximum Gasteiger partial charge on any atom is 0.273 e. The van der Waals surface area contributed by atoms with Gasteiger partial charge in [-0.05, 0) is 55.8 Å². The number of oxime groups is 2. The van der Waals surface area contributed by atoms with E-state index in [2.05, 4.69) is 15.6 Å². The highest BCUT2D eigenvalue weighted by Gasteiger charge is 2.19. The van der Waals surface area contributed by atoms with Gasteiger partial charge in [0.2, 0.25) is 0 Å². The van der Waals surface area contributed by atoms with Crippen molar-refractivity contribution in [3.8, 4) is 11.5 Å². The fourth-order valence-corrected chi connectivity index (χ4v) is 3.27. The minimum absolute atomic E-state index is 0.111. The number of ether oxygens (including phenoxy) is 1. The predicted molar refractivity (Wildman–Crippen MR) is 129 cm³/mol. The molecule has 0 fully saturated rings. The molecular weight excluding hydrogens is 437 g/mol. The summed E-state index contributed by atoms with van der Waals surface area (Å²) in [7, 11) is 2.91. The number of halogens is 1. The quantitative estimate of drug-likeness (QED) is 0.359. The summed E-state index contributed by atoms with van der Waals surface area (Å²) in [6.07, 6.45) is 0. The Hall–Kier alpha value is -4.20. The number of amides is 1. The van der Waals surface area contributed by atoms with Gasteiger partial charge in [-0.25, -0.2) is 4.39 Å². The number of nitrogens with zero attached hydrogens (tertiary/aromatic N) is 2. The fourth-order valence-electron chi connectivity index (χ4n) is 3.27. The maximum atomic E-state index is 13.2. The molecule has 0 aromatic heterocycles. The summed E-state index contributed by atoms with van der Waals surface area (Å²) in [6.45, 7) is 3.83. The van der Waals surface area contributed by atoms with Crippen LogP contribution in [-0.2, 0) is 21.1 Å². The van der Waals surface area contributed by atoms with Gasteiger partial charge in [0.05, 0.1) is 5.71 Å². The Bertz CT molecular complexity index is 1210. The van der Waals surface area contributed by atoms with Crippen molar-refractivity contribution < 1.29 is 23.6 Å². The number of rotatable bonds is 9. The van der Waals surface area contributed by atoms with Crippen LogP contribution in [-0.4, -0.2) is 31.5 Å². The largest absolute Gasteiger partial charge is 0.457 e. The molecule has 0 atom stereocenters. The minimum atomic E-state index is -0.375. The zero-order valence-corrected chi connectivity index (χ0v) is 19.5. The highest BCUT2D eigenvalue weighted by molar-refractivity contribution is 6.45. The number of para-hydroxylation sites is 1. The molecule has 3 aromatic carbocycles. The summed E-state index contributed by atoms with van der Waals surface area (Å²) in [4.78, 5) is 22.9. The highest BCUT2D eigenvalue weighted by atomic mass is 19.1. The lowest BCUT2D eigenvalue weighted by molar-refractivity contribution is -0.114. The van der Waals surface area contributed by atoms with Gasteiger partial charge in [0.1, 0.15) is 31.0 Å². The summed E-state index contributed by atoms with van der Waals surface area (Å²) >= 11 is 0. The molecule has 0 aliphatic rings. The molecule has 8 heteroatoms. The lowest BCUT2D eigenvalue weighted by Crippen LogP contribution is -2.29. The van der Waals surface area contributed by atoms with Gasteiger partial charge in [-0.15, -0.1) is 0 Å². The van der Waals surface area contributed by atoms with Gasteiger partial charge in [-0.3, -0.25) is 4.79 Å². The zero-order valence-electron chi connectivity index (χ0n) is 19.5. The van der Waals surface area contributed by atoms with Gasteiger partial charge in [-0.1, -0.05) is 40.6 Å². The van der Waals surface area contributed by atoms with E-state index in [0.29, 0.717) is 22.8 Å². The standard InChI is InChI=1S/C26H26FN3O4/c1-17-8-7-10-22(25(30-32-4)26(31)28-3)23(17)16-33-29-18(2)21-9-5-6-11-24(21)34-20-14-12-19(27)13-15-20/h5-15H,16H2,1-4H3,(H,28,31)/b29-18+,30-25+. The molecule has 0 aliphatic carbocycles. The Balaban J connectivity index is 1.82. The number of hydrogen-bond donors (Lipinski definition) is 1. The first kappa shape index (κ1) is 24.4. The molecule has 1 amide bonds. The van der Waals surface area contributed by atoms with Crippen LogP contribution in [0.3, 0.4) is 0 Å². The molecule has 0 aliphatic heterocycles. The molecule has 1 N–H and O–H groups in total. The molecule has 0 spiro atoms. The number of carbonyl (C=O) groups excluding carboxylic acids is 1. The number of benzene rings is 3. The Morgan fingerprint density at radius 2 is 1.68 bits per heavy atom. The lowest BCUT2D eigenvalue weighted by atomic mass is 9.98. The molecule has 3 rings (SSSR count). The van der Waals surface area contributed by atoms with E-state index >= 15 is 0 Å². The van der Waals surface area contributed by atoms with Crippen molar-refractivity contribution in [3.63, 3.8) is 0 Å². The summed E-state index contributed by atoms with van der Waals surface area (Å²) < 4.78 is 19.1. The van der Waals surface area contributed by atoms with Crippen LogP contribution in [0.4, 0.5) is 4.39 Å². The second kappa shape index (κ2) is 11.6. The van der Waals surface area contributed by atoms with E-state index in [0.717, 1.165) is 16.7 Å². The van der Waals surface area contributed by atoms with Gasteiger partial charge < -0.3 is 19.7 Å². The normalized spacial score (nSPS) is 11.7. The van der Waals surface area contributed by atoms with Crippen LogP contribution < -0.4 is 10.1 Å². The molecule has 0 unspecified atom stereocenters. The third-order valence-corrected chi connectivity index (χ3v) is 5.02. The van der Waals surface area contributed by atoms with E-state index in [9.17, 15) is 9.18 Å². The first-order valence-corrected chi connectivity index (χ1v) is 10.6. The van der Waals surface area contributed by atoms with Gasteiger partial charge in [0.15, 0.2) is 5.71 Å². The lowest BCUT2D eigenvalue weighted by Gasteiger charge is -2.13. The monoisotopic (exact) mass is 463 g/mol. The first-order valence-electron chi connectivity index (χ1n) is 10.6. The van der Waals surface area contributed by atoms with Crippen molar-refractivity contribution in [2.45, 2.75) is 20.5 Å². The predicted octanol–water partition coefficient (Wildman–Crippen LogP) is 4.96. The van der Waals surface area contributed by atoms with Crippen LogP contribution in [0.2, 0.25) is 0 Å². The molecule has 0 saturated carbocycles. The third-order valence-electron chi connectivity index (χ3n) is 5.02.